The lowest BCUT2D eigenvalue weighted by atomic mass is 10.1. The van der Waals surface area contributed by atoms with Crippen molar-refractivity contribution in [3.05, 3.63) is 53.1 Å². The molecule has 0 unspecified atom stereocenters. The highest BCUT2D eigenvalue weighted by atomic mass is 19.4. The van der Waals surface area contributed by atoms with Gasteiger partial charge in [-0.3, -0.25) is 4.68 Å². The molecular weight excluding hydrogens is 350 g/mol. The van der Waals surface area contributed by atoms with Gasteiger partial charge in [-0.1, -0.05) is 18.2 Å². The number of alkyl halides is 3. The second kappa shape index (κ2) is 8.68. The Bertz CT molecular complexity index is 752. The molecule has 0 saturated carbocycles. The van der Waals surface area contributed by atoms with E-state index in [9.17, 15) is 17.6 Å². The van der Waals surface area contributed by atoms with Crippen LogP contribution in [0.15, 0.2) is 35.5 Å². The Morgan fingerprint density at radius 1 is 1.19 bits per heavy atom. The fraction of sp³-hybridized carbons (Fsp3) is 0.412. The van der Waals surface area contributed by atoms with E-state index in [0.29, 0.717) is 31.0 Å². The van der Waals surface area contributed by atoms with Crippen molar-refractivity contribution in [3.8, 4) is 0 Å². The SMILES string of the molecule is CCNC(=NCc1cn(C)nc1C(F)(F)F)NCCc1ccccc1F. The van der Waals surface area contributed by atoms with E-state index in [1.165, 1.54) is 19.3 Å². The van der Waals surface area contributed by atoms with Crippen molar-refractivity contribution in [2.75, 3.05) is 13.1 Å². The van der Waals surface area contributed by atoms with Gasteiger partial charge in [0.05, 0.1) is 6.54 Å². The van der Waals surface area contributed by atoms with E-state index >= 15 is 0 Å². The smallest absolute Gasteiger partial charge is 0.357 e. The lowest BCUT2D eigenvalue weighted by Crippen LogP contribution is -2.38. The lowest BCUT2D eigenvalue weighted by Gasteiger charge is -2.12. The van der Waals surface area contributed by atoms with Gasteiger partial charge in [-0.05, 0) is 25.0 Å². The van der Waals surface area contributed by atoms with Crippen LogP contribution in [-0.2, 0) is 26.2 Å². The third-order valence-corrected chi connectivity index (χ3v) is 3.57. The molecule has 0 aliphatic carbocycles. The molecule has 2 aromatic rings. The predicted molar refractivity (Wildman–Crippen MR) is 91.1 cm³/mol. The third kappa shape index (κ3) is 5.47. The maximum atomic E-state index is 13.6. The van der Waals surface area contributed by atoms with Gasteiger partial charge in [0.25, 0.3) is 0 Å². The molecule has 0 spiro atoms. The van der Waals surface area contributed by atoms with E-state index in [1.54, 1.807) is 18.2 Å². The number of guanidine groups is 1. The highest BCUT2D eigenvalue weighted by Gasteiger charge is 2.36. The first-order chi connectivity index (χ1) is 12.3. The van der Waals surface area contributed by atoms with Gasteiger partial charge >= 0.3 is 6.18 Å². The van der Waals surface area contributed by atoms with Crippen LogP contribution in [0.4, 0.5) is 17.6 Å². The summed E-state index contributed by atoms with van der Waals surface area (Å²) in [4.78, 5) is 4.17. The van der Waals surface area contributed by atoms with Crippen LogP contribution in [0, 0.1) is 5.82 Å². The summed E-state index contributed by atoms with van der Waals surface area (Å²) in [6, 6.07) is 6.44. The van der Waals surface area contributed by atoms with Crippen LogP contribution in [0.1, 0.15) is 23.7 Å². The monoisotopic (exact) mass is 371 g/mol. The predicted octanol–water partition coefficient (Wildman–Crippen LogP) is 2.88. The first-order valence-corrected chi connectivity index (χ1v) is 8.16. The molecule has 0 bridgehead atoms. The van der Waals surface area contributed by atoms with Gasteiger partial charge in [-0.15, -0.1) is 0 Å². The van der Waals surface area contributed by atoms with Crippen molar-refractivity contribution in [3.63, 3.8) is 0 Å². The fourth-order valence-corrected chi connectivity index (χ4v) is 2.41. The van der Waals surface area contributed by atoms with Crippen LogP contribution < -0.4 is 10.6 Å². The Morgan fingerprint density at radius 2 is 1.92 bits per heavy atom. The Morgan fingerprint density at radius 3 is 2.58 bits per heavy atom. The fourth-order valence-electron chi connectivity index (χ4n) is 2.41. The zero-order chi connectivity index (χ0) is 19.2. The van der Waals surface area contributed by atoms with E-state index in [2.05, 4.69) is 20.7 Å². The van der Waals surface area contributed by atoms with Crippen molar-refractivity contribution >= 4 is 5.96 Å². The summed E-state index contributed by atoms with van der Waals surface area (Å²) in [6.07, 6.45) is -2.80. The largest absolute Gasteiger partial charge is 0.435 e. The number of halogens is 4. The number of rotatable bonds is 6. The first-order valence-electron chi connectivity index (χ1n) is 8.16. The molecule has 0 aliphatic rings. The Labute approximate surface area is 149 Å². The van der Waals surface area contributed by atoms with Crippen molar-refractivity contribution in [2.24, 2.45) is 12.0 Å². The lowest BCUT2D eigenvalue weighted by molar-refractivity contribution is -0.142. The standard InChI is InChI=1S/C17H21F4N5/c1-3-22-16(23-9-8-12-6-4-5-7-14(12)18)24-10-13-11-26(2)25-15(13)17(19,20)21/h4-7,11H,3,8-10H2,1-2H3,(H2,22,23,24). The van der Waals surface area contributed by atoms with Crippen molar-refractivity contribution in [2.45, 2.75) is 26.1 Å². The van der Waals surface area contributed by atoms with Crippen LogP contribution in [0.2, 0.25) is 0 Å². The molecule has 142 valence electrons. The van der Waals surface area contributed by atoms with E-state index in [0.717, 1.165) is 4.68 Å². The highest BCUT2D eigenvalue weighted by molar-refractivity contribution is 5.79. The minimum Gasteiger partial charge on any atom is -0.357 e. The van der Waals surface area contributed by atoms with E-state index in [4.69, 9.17) is 0 Å². The molecule has 1 heterocycles. The topological polar surface area (TPSA) is 54.2 Å². The molecule has 0 atom stereocenters. The molecule has 0 saturated heterocycles. The van der Waals surface area contributed by atoms with Crippen LogP contribution in [0.5, 0.6) is 0 Å². The molecule has 2 N–H and O–H groups in total. The summed E-state index contributed by atoms with van der Waals surface area (Å²) in [5, 5.41) is 9.41. The number of hydrogen-bond acceptors (Lipinski definition) is 2. The minimum atomic E-state index is -4.53. The Kier molecular flexibility index (Phi) is 6.59. The highest BCUT2D eigenvalue weighted by Crippen LogP contribution is 2.30. The number of aromatic nitrogens is 2. The molecule has 5 nitrogen and oxygen atoms in total. The quantitative estimate of drug-likeness (QED) is 0.466. The molecule has 1 aromatic carbocycles. The molecule has 26 heavy (non-hydrogen) atoms. The molecule has 9 heteroatoms. The zero-order valence-electron chi connectivity index (χ0n) is 14.6. The number of aryl methyl sites for hydroxylation is 1. The van der Waals surface area contributed by atoms with Gasteiger partial charge in [-0.25, -0.2) is 9.38 Å². The van der Waals surface area contributed by atoms with Gasteiger partial charge in [0.1, 0.15) is 5.82 Å². The van der Waals surface area contributed by atoms with Crippen LogP contribution >= 0.6 is 0 Å². The first kappa shape index (κ1) is 19.7. The van der Waals surface area contributed by atoms with Crippen LogP contribution in [0.25, 0.3) is 0 Å². The van der Waals surface area contributed by atoms with E-state index in [1.807, 2.05) is 6.92 Å². The average molecular weight is 371 g/mol. The van der Waals surface area contributed by atoms with Gasteiger partial charge < -0.3 is 10.6 Å². The number of hydrogen-bond donors (Lipinski definition) is 2. The van der Waals surface area contributed by atoms with Gasteiger partial charge in [0.15, 0.2) is 11.7 Å². The summed E-state index contributed by atoms with van der Waals surface area (Å²) < 4.78 is 53.6. The zero-order valence-corrected chi connectivity index (χ0v) is 14.6. The maximum Gasteiger partial charge on any atom is 0.435 e. The van der Waals surface area contributed by atoms with Crippen LogP contribution in [-0.4, -0.2) is 28.8 Å². The molecular formula is C17H21F4N5. The molecule has 1 aromatic heterocycles. The number of aliphatic imine (C=N–C) groups is 1. The molecule has 0 amide bonds. The van der Waals surface area contributed by atoms with Gasteiger partial charge in [0, 0.05) is 31.9 Å². The Hall–Kier alpha value is -2.58. The van der Waals surface area contributed by atoms with E-state index < -0.39 is 11.9 Å². The summed E-state index contributed by atoms with van der Waals surface area (Å²) in [5.41, 5.74) is -0.389. The summed E-state index contributed by atoms with van der Waals surface area (Å²) in [6.45, 7) is 2.62. The second-order valence-corrected chi connectivity index (χ2v) is 5.64. The average Bonchev–Trinajstić information content (AvgIpc) is 2.95. The number of nitrogens with zero attached hydrogens (tertiary/aromatic N) is 3. The van der Waals surface area contributed by atoms with Crippen molar-refractivity contribution < 1.29 is 17.6 Å². The summed E-state index contributed by atoms with van der Waals surface area (Å²) >= 11 is 0. The maximum absolute atomic E-state index is 13.6. The number of benzene rings is 1. The Balaban J connectivity index is 2.02. The van der Waals surface area contributed by atoms with Crippen molar-refractivity contribution in [1.29, 1.82) is 0 Å². The number of nitrogens with one attached hydrogen (secondary N) is 2. The molecule has 0 radical (unpaired) electrons. The van der Waals surface area contributed by atoms with E-state index in [-0.39, 0.29) is 17.9 Å². The molecule has 2 rings (SSSR count). The van der Waals surface area contributed by atoms with Crippen molar-refractivity contribution in [1.82, 2.24) is 20.4 Å². The summed E-state index contributed by atoms with van der Waals surface area (Å²) in [5.74, 6) is 0.0715. The van der Waals surface area contributed by atoms with Gasteiger partial charge in [-0.2, -0.15) is 18.3 Å². The normalized spacial score (nSPS) is 12.3. The summed E-state index contributed by atoms with van der Waals surface area (Å²) in [7, 11) is 1.43. The second-order valence-electron chi connectivity index (χ2n) is 5.64. The van der Waals surface area contributed by atoms with Gasteiger partial charge in [0.2, 0.25) is 0 Å². The third-order valence-electron chi connectivity index (χ3n) is 3.57. The molecule has 0 fully saturated rings. The minimum absolute atomic E-state index is 0.00805. The molecule has 0 aliphatic heterocycles. The van der Waals surface area contributed by atoms with Crippen LogP contribution in [0.3, 0.4) is 0 Å².